The van der Waals surface area contributed by atoms with Crippen LogP contribution in [-0.4, -0.2) is 63.2 Å². The van der Waals surface area contributed by atoms with Gasteiger partial charge in [0.05, 0.1) is 26.4 Å². The van der Waals surface area contributed by atoms with Gasteiger partial charge in [-0.2, -0.15) is 0 Å². The van der Waals surface area contributed by atoms with Gasteiger partial charge in [0.15, 0.2) is 0 Å². The number of rotatable bonds is 13. The van der Waals surface area contributed by atoms with Crippen LogP contribution in [0.5, 0.6) is 5.75 Å². The summed E-state index contributed by atoms with van der Waals surface area (Å²) in [7, 11) is 3.36. The highest BCUT2D eigenvalue weighted by Crippen LogP contribution is 2.13. The normalized spacial score (nSPS) is 12.3. The van der Waals surface area contributed by atoms with Gasteiger partial charge in [-0.05, 0) is 24.1 Å². The predicted molar refractivity (Wildman–Crippen MR) is 91.8 cm³/mol. The summed E-state index contributed by atoms with van der Waals surface area (Å²) in [5, 5.41) is 10.1. The van der Waals surface area contributed by atoms with Gasteiger partial charge in [0.1, 0.15) is 5.75 Å². The molecule has 0 fully saturated rings. The van der Waals surface area contributed by atoms with Crippen molar-refractivity contribution in [2.24, 2.45) is 0 Å². The first kappa shape index (κ1) is 19.6. The summed E-state index contributed by atoms with van der Waals surface area (Å²) in [5.74, 6) is 0.845. The van der Waals surface area contributed by atoms with Crippen LogP contribution in [0.15, 0.2) is 36.9 Å². The number of benzene rings is 1. The molecule has 23 heavy (non-hydrogen) atoms. The Morgan fingerprint density at radius 1 is 1.26 bits per heavy atom. The minimum Gasteiger partial charge on any atom is -0.497 e. The van der Waals surface area contributed by atoms with Crippen LogP contribution >= 0.6 is 0 Å². The highest BCUT2D eigenvalue weighted by molar-refractivity contribution is 5.27. The van der Waals surface area contributed by atoms with Crippen LogP contribution in [-0.2, 0) is 16.0 Å². The van der Waals surface area contributed by atoms with Crippen LogP contribution in [0.1, 0.15) is 12.0 Å². The molecule has 1 N–H and O–H groups in total. The van der Waals surface area contributed by atoms with E-state index in [1.165, 1.54) is 5.56 Å². The van der Waals surface area contributed by atoms with E-state index in [0.717, 1.165) is 25.3 Å². The fourth-order valence-electron chi connectivity index (χ4n) is 2.29. The Bertz CT molecular complexity index is 422. The maximum absolute atomic E-state index is 10.1. The molecule has 0 aliphatic rings. The van der Waals surface area contributed by atoms with E-state index in [9.17, 15) is 5.11 Å². The van der Waals surface area contributed by atoms with Crippen molar-refractivity contribution >= 4 is 0 Å². The maximum Gasteiger partial charge on any atom is 0.118 e. The summed E-state index contributed by atoms with van der Waals surface area (Å²) in [6, 6.07) is 7.99. The Morgan fingerprint density at radius 3 is 2.61 bits per heavy atom. The molecule has 1 aromatic rings. The molecule has 0 aromatic heterocycles. The summed E-state index contributed by atoms with van der Waals surface area (Å²) in [6.07, 6.45) is 2.09. The average Bonchev–Trinajstić information content (AvgIpc) is 2.56. The van der Waals surface area contributed by atoms with Crippen molar-refractivity contribution in [1.82, 2.24) is 4.90 Å². The minimum absolute atomic E-state index is 0.315. The maximum atomic E-state index is 10.1. The topological polar surface area (TPSA) is 51.2 Å². The van der Waals surface area contributed by atoms with Crippen molar-refractivity contribution in [2.45, 2.75) is 19.1 Å². The molecular formula is C18H29NO4. The van der Waals surface area contributed by atoms with Crippen molar-refractivity contribution in [3.05, 3.63) is 42.5 Å². The van der Waals surface area contributed by atoms with E-state index in [1.807, 2.05) is 24.3 Å². The Hall–Kier alpha value is -1.40. The smallest absolute Gasteiger partial charge is 0.118 e. The molecule has 5 nitrogen and oxygen atoms in total. The highest BCUT2D eigenvalue weighted by atomic mass is 16.5. The lowest BCUT2D eigenvalue weighted by atomic mass is 10.2. The molecule has 0 aliphatic carbocycles. The molecule has 0 aliphatic heterocycles. The molecule has 1 unspecified atom stereocenters. The van der Waals surface area contributed by atoms with E-state index in [1.54, 1.807) is 20.3 Å². The van der Waals surface area contributed by atoms with Crippen molar-refractivity contribution in [1.29, 1.82) is 0 Å². The summed E-state index contributed by atoms with van der Waals surface area (Å²) >= 11 is 0. The van der Waals surface area contributed by atoms with Crippen LogP contribution < -0.4 is 4.74 Å². The number of nitrogens with zero attached hydrogens (tertiary/aromatic N) is 1. The van der Waals surface area contributed by atoms with Gasteiger partial charge in [0.25, 0.3) is 0 Å². The van der Waals surface area contributed by atoms with E-state index in [-0.39, 0.29) is 0 Å². The van der Waals surface area contributed by atoms with E-state index in [2.05, 4.69) is 11.5 Å². The molecule has 5 heteroatoms. The number of aliphatic hydroxyl groups excluding tert-OH is 1. The molecule has 1 aromatic carbocycles. The molecule has 1 atom stereocenters. The molecule has 0 saturated carbocycles. The predicted octanol–water partition coefficient (Wildman–Crippen LogP) is 2.10. The van der Waals surface area contributed by atoms with Crippen molar-refractivity contribution in [3.63, 3.8) is 0 Å². The third-order valence-corrected chi connectivity index (χ3v) is 3.40. The molecule has 130 valence electrons. The molecular weight excluding hydrogens is 294 g/mol. The lowest BCUT2D eigenvalue weighted by molar-refractivity contribution is 0.0229. The summed E-state index contributed by atoms with van der Waals surface area (Å²) in [5.41, 5.74) is 1.18. The second kappa shape index (κ2) is 12.1. The van der Waals surface area contributed by atoms with E-state index in [0.29, 0.717) is 26.4 Å². The van der Waals surface area contributed by atoms with Gasteiger partial charge >= 0.3 is 0 Å². The molecule has 0 saturated heterocycles. The Labute approximate surface area is 139 Å². The third kappa shape index (κ3) is 8.71. The van der Waals surface area contributed by atoms with Crippen molar-refractivity contribution < 1.29 is 19.3 Å². The second-order valence-electron chi connectivity index (χ2n) is 5.41. The van der Waals surface area contributed by atoms with E-state index < -0.39 is 6.10 Å². The van der Waals surface area contributed by atoms with Crippen LogP contribution in [0.4, 0.5) is 0 Å². The van der Waals surface area contributed by atoms with E-state index >= 15 is 0 Å². The SMILES string of the molecule is C=CCOCC(O)CN(CCCOC)Cc1ccc(OC)cc1. The molecule has 0 bridgehead atoms. The molecule has 0 spiro atoms. The number of hydrogen-bond acceptors (Lipinski definition) is 5. The van der Waals surface area contributed by atoms with Gasteiger partial charge < -0.3 is 19.3 Å². The lowest BCUT2D eigenvalue weighted by Gasteiger charge is -2.25. The average molecular weight is 323 g/mol. The van der Waals surface area contributed by atoms with Crippen LogP contribution in [0.2, 0.25) is 0 Å². The third-order valence-electron chi connectivity index (χ3n) is 3.40. The molecule has 0 radical (unpaired) electrons. The van der Waals surface area contributed by atoms with Gasteiger partial charge in [-0.1, -0.05) is 18.2 Å². The Morgan fingerprint density at radius 2 is 2.00 bits per heavy atom. The standard InChI is InChI=1S/C18H29NO4/c1-4-11-23-15-17(20)14-19(10-5-12-21-2)13-16-6-8-18(22-3)9-7-16/h4,6-9,17,20H,1,5,10-15H2,2-3H3. The zero-order chi connectivity index (χ0) is 16.9. The summed E-state index contributed by atoms with van der Waals surface area (Å²) in [4.78, 5) is 2.21. The minimum atomic E-state index is -0.518. The number of ether oxygens (including phenoxy) is 3. The highest BCUT2D eigenvalue weighted by Gasteiger charge is 2.12. The largest absolute Gasteiger partial charge is 0.497 e. The van der Waals surface area contributed by atoms with Gasteiger partial charge in [0.2, 0.25) is 0 Å². The van der Waals surface area contributed by atoms with Gasteiger partial charge in [-0.25, -0.2) is 0 Å². The Kier molecular flexibility index (Phi) is 10.3. The molecule has 0 heterocycles. The fourth-order valence-corrected chi connectivity index (χ4v) is 2.29. The molecule has 0 amide bonds. The van der Waals surface area contributed by atoms with Crippen LogP contribution in [0.25, 0.3) is 0 Å². The van der Waals surface area contributed by atoms with Crippen LogP contribution in [0, 0.1) is 0 Å². The van der Waals surface area contributed by atoms with Gasteiger partial charge in [-0.15, -0.1) is 6.58 Å². The van der Waals surface area contributed by atoms with Gasteiger partial charge in [-0.3, -0.25) is 4.90 Å². The number of hydrogen-bond donors (Lipinski definition) is 1. The van der Waals surface area contributed by atoms with Crippen LogP contribution in [0.3, 0.4) is 0 Å². The first-order valence-corrected chi connectivity index (χ1v) is 7.90. The Balaban J connectivity index is 2.53. The first-order valence-electron chi connectivity index (χ1n) is 7.90. The zero-order valence-corrected chi connectivity index (χ0v) is 14.2. The zero-order valence-electron chi connectivity index (χ0n) is 14.2. The molecule has 1 rings (SSSR count). The lowest BCUT2D eigenvalue weighted by Crippen LogP contribution is -2.35. The number of methoxy groups -OCH3 is 2. The second-order valence-corrected chi connectivity index (χ2v) is 5.41. The quantitative estimate of drug-likeness (QED) is 0.445. The monoisotopic (exact) mass is 323 g/mol. The van der Waals surface area contributed by atoms with E-state index in [4.69, 9.17) is 14.2 Å². The summed E-state index contributed by atoms with van der Waals surface area (Å²) < 4.78 is 15.6. The number of aliphatic hydroxyl groups is 1. The van der Waals surface area contributed by atoms with Crippen molar-refractivity contribution in [3.8, 4) is 5.75 Å². The summed E-state index contributed by atoms with van der Waals surface area (Å²) in [6.45, 7) is 7.27. The first-order chi connectivity index (χ1) is 11.2. The van der Waals surface area contributed by atoms with Crippen molar-refractivity contribution in [2.75, 3.05) is 47.1 Å². The van der Waals surface area contributed by atoms with Gasteiger partial charge in [0, 0.05) is 33.4 Å². The fraction of sp³-hybridized carbons (Fsp3) is 0.556.